The Morgan fingerprint density at radius 1 is 1.32 bits per heavy atom. The highest BCUT2D eigenvalue weighted by Gasteiger charge is 2.17. The van der Waals surface area contributed by atoms with E-state index >= 15 is 0 Å². The maximum Gasteiger partial charge on any atom is 0.160 e. The first-order chi connectivity index (χ1) is 8.85. The molecule has 0 N–H and O–H groups in total. The molecule has 0 aliphatic rings. The summed E-state index contributed by atoms with van der Waals surface area (Å²) < 4.78 is 41.6. The maximum absolute atomic E-state index is 12.9. The fourth-order valence-corrected chi connectivity index (χ4v) is 3.37. The van der Waals surface area contributed by atoms with Crippen molar-refractivity contribution in [3.05, 3.63) is 52.1 Å². The number of hydrogen-bond donors (Lipinski definition) is 0. The Morgan fingerprint density at radius 2 is 2.05 bits per heavy atom. The lowest BCUT2D eigenvalue weighted by Gasteiger charge is -2.05. The first-order valence-electron chi connectivity index (χ1n) is 5.42. The highest BCUT2D eigenvalue weighted by Crippen LogP contribution is 2.21. The van der Waals surface area contributed by atoms with Gasteiger partial charge < -0.3 is 4.52 Å². The van der Waals surface area contributed by atoms with Gasteiger partial charge in [0.25, 0.3) is 0 Å². The van der Waals surface area contributed by atoms with E-state index in [1.165, 1.54) is 12.1 Å². The Labute approximate surface area is 115 Å². The molecule has 0 bridgehead atoms. The molecule has 1 aromatic carbocycles. The van der Waals surface area contributed by atoms with Gasteiger partial charge >= 0.3 is 0 Å². The summed E-state index contributed by atoms with van der Waals surface area (Å²) in [5, 5.41) is 3.73. The van der Waals surface area contributed by atoms with E-state index in [0.717, 1.165) is 6.07 Å². The van der Waals surface area contributed by atoms with Crippen LogP contribution in [-0.4, -0.2) is 13.6 Å². The minimum absolute atomic E-state index is 0.0971. The first kappa shape index (κ1) is 14.0. The third-order valence-electron chi connectivity index (χ3n) is 2.44. The molecule has 0 saturated carbocycles. The quantitative estimate of drug-likeness (QED) is 0.871. The van der Waals surface area contributed by atoms with Gasteiger partial charge in [0, 0.05) is 11.1 Å². The molecule has 0 saturated heterocycles. The predicted molar refractivity (Wildman–Crippen MR) is 69.0 cm³/mol. The summed E-state index contributed by atoms with van der Waals surface area (Å²) in [5.41, 5.74) is 0.707. The van der Waals surface area contributed by atoms with Crippen molar-refractivity contribution in [1.82, 2.24) is 5.16 Å². The topological polar surface area (TPSA) is 60.2 Å². The Kier molecular flexibility index (Phi) is 3.91. The van der Waals surface area contributed by atoms with Crippen molar-refractivity contribution in [2.24, 2.45) is 0 Å². The largest absolute Gasteiger partial charge is 0.361 e. The normalized spacial score (nSPS) is 11.7. The Balaban J connectivity index is 2.17. The summed E-state index contributed by atoms with van der Waals surface area (Å²) in [6, 6.07) is 5.19. The zero-order chi connectivity index (χ0) is 14.0. The van der Waals surface area contributed by atoms with E-state index in [9.17, 15) is 12.8 Å². The van der Waals surface area contributed by atoms with Crippen molar-refractivity contribution in [3.63, 3.8) is 0 Å². The molecule has 102 valence electrons. The SMILES string of the molecule is Cc1cc(CS(=O)(=O)Cc2ccc(F)cc2Cl)no1. The van der Waals surface area contributed by atoms with Crippen LogP contribution in [0, 0.1) is 12.7 Å². The molecule has 0 aliphatic carbocycles. The number of aromatic nitrogens is 1. The van der Waals surface area contributed by atoms with Gasteiger partial charge in [0.1, 0.15) is 11.6 Å². The van der Waals surface area contributed by atoms with Crippen molar-refractivity contribution in [1.29, 1.82) is 0 Å². The van der Waals surface area contributed by atoms with Crippen molar-refractivity contribution >= 4 is 21.4 Å². The van der Waals surface area contributed by atoms with Crippen molar-refractivity contribution in [3.8, 4) is 0 Å². The minimum atomic E-state index is -3.44. The van der Waals surface area contributed by atoms with E-state index in [4.69, 9.17) is 16.1 Å². The molecular weight excluding hydrogens is 293 g/mol. The van der Waals surface area contributed by atoms with Gasteiger partial charge in [-0.15, -0.1) is 0 Å². The number of nitrogens with zero attached hydrogens (tertiary/aromatic N) is 1. The second-order valence-electron chi connectivity index (χ2n) is 4.20. The highest BCUT2D eigenvalue weighted by molar-refractivity contribution is 7.89. The van der Waals surface area contributed by atoms with Crippen LogP contribution in [0.15, 0.2) is 28.8 Å². The van der Waals surface area contributed by atoms with Crippen molar-refractivity contribution < 1.29 is 17.3 Å². The molecular formula is C12H11ClFNO3S. The monoisotopic (exact) mass is 303 g/mol. The zero-order valence-corrected chi connectivity index (χ0v) is 11.6. The summed E-state index contributed by atoms with van der Waals surface area (Å²) in [6.45, 7) is 1.68. The molecule has 7 heteroatoms. The van der Waals surface area contributed by atoms with Gasteiger partial charge in [0.15, 0.2) is 9.84 Å². The maximum atomic E-state index is 12.9. The van der Waals surface area contributed by atoms with Gasteiger partial charge in [-0.3, -0.25) is 0 Å². The van der Waals surface area contributed by atoms with Crippen LogP contribution in [0.1, 0.15) is 17.0 Å². The van der Waals surface area contributed by atoms with E-state index in [1.54, 1.807) is 13.0 Å². The van der Waals surface area contributed by atoms with Crippen LogP contribution < -0.4 is 0 Å². The summed E-state index contributed by atoms with van der Waals surface area (Å²) in [5.74, 6) is -0.459. The molecule has 2 rings (SSSR count). The highest BCUT2D eigenvalue weighted by atomic mass is 35.5. The molecule has 0 amide bonds. The summed E-state index contributed by atoms with van der Waals surface area (Å²) in [6.07, 6.45) is 0. The molecule has 0 unspecified atom stereocenters. The molecule has 1 aromatic heterocycles. The number of benzene rings is 1. The molecule has 0 fully saturated rings. The predicted octanol–water partition coefficient (Wildman–Crippen LogP) is 2.89. The van der Waals surface area contributed by atoms with Gasteiger partial charge in [-0.25, -0.2) is 12.8 Å². The van der Waals surface area contributed by atoms with E-state index in [-0.39, 0.29) is 16.5 Å². The van der Waals surface area contributed by atoms with Crippen LogP contribution in [0.4, 0.5) is 4.39 Å². The number of halogens is 2. The molecule has 2 aromatic rings. The van der Waals surface area contributed by atoms with Crippen LogP contribution in [0.5, 0.6) is 0 Å². The summed E-state index contributed by atoms with van der Waals surface area (Å²) in [7, 11) is -3.44. The minimum Gasteiger partial charge on any atom is -0.361 e. The van der Waals surface area contributed by atoms with Crippen LogP contribution in [-0.2, 0) is 21.3 Å². The average Bonchev–Trinajstić information content (AvgIpc) is 2.67. The van der Waals surface area contributed by atoms with Crippen LogP contribution in [0.2, 0.25) is 5.02 Å². The zero-order valence-electron chi connectivity index (χ0n) is 10.1. The van der Waals surface area contributed by atoms with E-state index in [2.05, 4.69) is 5.16 Å². The second-order valence-corrected chi connectivity index (χ2v) is 6.67. The molecule has 0 atom stereocenters. The lowest BCUT2D eigenvalue weighted by Crippen LogP contribution is -2.08. The summed E-state index contributed by atoms with van der Waals surface area (Å²) in [4.78, 5) is 0. The van der Waals surface area contributed by atoms with Gasteiger partial charge in [0.05, 0.1) is 17.2 Å². The first-order valence-corrected chi connectivity index (χ1v) is 7.62. The number of rotatable bonds is 4. The molecule has 19 heavy (non-hydrogen) atoms. The average molecular weight is 304 g/mol. The van der Waals surface area contributed by atoms with E-state index in [0.29, 0.717) is 17.0 Å². The van der Waals surface area contributed by atoms with Gasteiger partial charge in [0.2, 0.25) is 0 Å². The molecule has 0 radical (unpaired) electrons. The van der Waals surface area contributed by atoms with Gasteiger partial charge in [-0.2, -0.15) is 0 Å². The van der Waals surface area contributed by atoms with Gasteiger partial charge in [-0.05, 0) is 24.6 Å². The molecule has 0 spiro atoms. The van der Waals surface area contributed by atoms with Crippen molar-refractivity contribution in [2.45, 2.75) is 18.4 Å². The Hall–Kier alpha value is -1.40. The smallest absolute Gasteiger partial charge is 0.160 e. The number of aryl methyl sites for hydroxylation is 1. The van der Waals surface area contributed by atoms with Crippen LogP contribution in [0.3, 0.4) is 0 Å². The molecule has 0 aliphatic heterocycles. The Bertz CT molecular complexity index is 697. The fourth-order valence-electron chi connectivity index (χ4n) is 1.64. The third kappa shape index (κ3) is 3.78. The van der Waals surface area contributed by atoms with Gasteiger partial charge in [-0.1, -0.05) is 22.8 Å². The number of sulfone groups is 1. The van der Waals surface area contributed by atoms with E-state index < -0.39 is 15.7 Å². The third-order valence-corrected chi connectivity index (χ3v) is 4.27. The van der Waals surface area contributed by atoms with E-state index in [1.807, 2.05) is 0 Å². The lowest BCUT2D eigenvalue weighted by atomic mass is 10.2. The number of hydrogen-bond acceptors (Lipinski definition) is 4. The Morgan fingerprint density at radius 3 is 2.63 bits per heavy atom. The van der Waals surface area contributed by atoms with Crippen LogP contribution in [0.25, 0.3) is 0 Å². The van der Waals surface area contributed by atoms with Crippen molar-refractivity contribution in [2.75, 3.05) is 0 Å². The summed E-state index contributed by atoms with van der Waals surface area (Å²) >= 11 is 5.80. The second kappa shape index (κ2) is 5.30. The van der Waals surface area contributed by atoms with Crippen LogP contribution >= 0.6 is 11.6 Å². The molecule has 1 heterocycles. The molecule has 4 nitrogen and oxygen atoms in total. The fraction of sp³-hybridized carbons (Fsp3) is 0.250. The lowest BCUT2D eigenvalue weighted by molar-refractivity contribution is 0.392. The standard InChI is InChI=1S/C12H11ClFNO3S/c1-8-4-11(15-18-8)7-19(16,17)6-9-2-3-10(14)5-12(9)13/h2-5H,6-7H2,1H3.